The molecule has 0 spiro atoms. The number of likely N-dealkylation sites (N-methyl/N-ethyl adjacent to an activating group) is 1. The standard InChI is InChI=1S/C62H43N7.C7H11N.C4H8/c1-40(34-46(39-63)44-29-32-57-52(36-44)61-58(26-15-33-64-61)68(57)47-20-9-4-10-21-47)67-54-24-13-12-23-49(54)51-35-43(28-31-56(51)67)45-27-30-50-48-22-11-14-25-55(48)69(59(50)37-45)60-38-53(41-16-5-2-6-17-41)65-62(66-60)42-18-7-3-8-19-42;1-4-6-7(5-2)8-3;1-3-4-2/h2-33,35-39,46,63H,1,34H2;4-6,8H,1-2H2,3H3;3-4H,1-2H3/b;7-6+;4-3-. The molecule has 0 fully saturated rings. The number of benzene rings is 8. The van der Waals surface area contributed by atoms with Gasteiger partial charge in [-0.05, 0) is 116 Å². The topological polar surface area (TPSA) is 89.3 Å². The van der Waals surface area contributed by atoms with Gasteiger partial charge in [-0.3, -0.25) is 9.55 Å². The van der Waals surface area contributed by atoms with Gasteiger partial charge >= 0.3 is 0 Å². The zero-order chi connectivity index (χ0) is 55.8. The molecule has 81 heavy (non-hydrogen) atoms. The van der Waals surface area contributed by atoms with Crippen LogP contribution in [-0.4, -0.2) is 41.9 Å². The van der Waals surface area contributed by atoms with Crippen molar-refractivity contribution in [3.05, 3.63) is 280 Å². The second-order valence-electron chi connectivity index (χ2n) is 19.7. The molecule has 8 nitrogen and oxygen atoms in total. The summed E-state index contributed by atoms with van der Waals surface area (Å²) in [6, 6.07) is 74.5. The van der Waals surface area contributed by atoms with Crippen LogP contribution in [0.5, 0.6) is 0 Å². The minimum atomic E-state index is -0.197. The largest absolute Gasteiger partial charge is 0.388 e. The molecule has 0 aliphatic heterocycles. The number of pyridine rings is 1. The summed E-state index contributed by atoms with van der Waals surface area (Å²) in [6.07, 6.45) is 13.3. The van der Waals surface area contributed by atoms with Crippen molar-refractivity contribution in [2.45, 2.75) is 26.2 Å². The summed E-state index contributed by atoms with van der Waals surface area (Å²) in [5.74, 6) is 1.29. The van der Waals surface area contributed by atoms with Crippen molar-refractivity contribution in [2.75, 3.05) is 7.05 Å². The van der Waals surface area contributed by atoms with Crippen molar-refractivity contribution in [1.82, 2.24) is 34.0 Å². The van der Waals surface area contributed by atoms with E-state index in [4.69, 9.17) is 26.9 Å². The molecule has 13 aromatic rings. The monoisotopic (exact) mass is 1050 g/mol. The highest BCUT2D eigenvalue weighted by Gasteiger charge is 2.22. The number of hydrogen-bond donors (Lipinski definition) is 2. The van der Waals surface area contributed by atoms with Gasteiger partial charge < -0.3 is 19.9 Å². The maximum absolute atomic E-state index is 8.73. The molecular formula is C73H62N8. The lowest BCUT2D eigenvalue weighted by Gasteiger charge is -2.17. The summed E-state index contributed by atoms with van der Waals surface area (Å²) in [4.78, 5) is 15.2. The number of allylic oxidation sites excluding steroid dienone is 6. The lowest BCUT2D eigenvalue weighted by atomic mass is 9.94. The molecular weight excluding hydrogens is 989 g/mol. The number of fused-ring (bicyclic) bond motifs is 9. The smallest absolute Gasteiger partial charge is 0.162 e. The van der Waals surface area contributed by atoms with Crippen molar-refractivity contribution >= 4 is 77.5 Å². The van der Waals surface area contributed by atoms with Gasteiger partial charge in [0.2, 0.25) is 0 Å². The van der Waals surface area contributed by atoms with E-state index in [1.165, 1.54) is 0 Å². The van der Waals surface area contributed by atoms with E-state index in [0.29, 0.717) is 12.2 Å². The molecule has 2 N–H and O–H groups in total. The van der Waals surface area contributed by atoms with Crippen LogP contribution in [-0.2, 0) is 0 Å². The van der Waals surface area contributed by atoms with Crippen molar-refractivity contribution in [1.29, 1.82) is 5.41 Å². The Morgan fingerprint density at radius 1 is 0.543 bits per heavy atom. The highest BCUT2D eigenvalue weighted by atomic mass is 15.1. The van der Waals surface area contributed by atoms with Gasteiger partial charge in [-0.15, -0.1) is 0 Å². The van der Waals surface area contributed by atoms with Crippen LogP contribution in [0.25, 0.3) is 117 Å². The van der Waals surface area contributed by atoms with Gasteiger partial charge in [0, 0.05) is 86.6 Å². The van der Waals surface area contributed by atoms with E-state index in [2.05, 4.69) is 208 Å². The van der Waals surface area contributed by atoms with Crippen molar-refractivity contribution < 1.29 is 0 Å². The molecule has 0 saturated heterocycles. The molecule has 8 heteroatoms. The second-order valence-corrected chi connectivity index (χ2v) is 19.7. The van der Waals surface area contributed by atoms with Gasteiger partial charge in [0.15, 0.2) is 5.82 Å². The molecule has 1 atom stereocenters. The second kappa shape index (κ2) is 23.7. The third-order valence-electron chi connectivity index (χ3n) is 14.8. The van der Waals surface area contributed by atoms with Crippen LogP contribution in [0, 0.1) is 5.41 Å². The van der Waals surface area contributed by atoms with E-state index in [9.17, 15) is 0 Å². The van der Waals surface area contributed by atoms with Gasteiger partial charge in [0.05, 0.1) is 44.3 Å². The first kappa shape index (κ1) is 52.6. The van der Waals surface area contributed by atoms with E-state index < -0.39 is 0 Å². The number of hydrogen-bond acceptors (Lipinski definition) is 5. The van der Waals surface area contributed by atoms with Gasteiger partial charge in [0.25, 0.3) is 0 Å². The van der Waals surface area contributed by atoms with Crippen molar-refractivity contribution in [2.24, 2.45) is 0 Å². The first-order valence-electron chi connectivity index (χ1n) is 27.3. The molecule has 0 aliphatic rings. The van der Waals surface area contributed by atoms with Crippen molar-refractivity contribution in [3.8, 4) is 45.3 Å². The van der Waals surface area contributed by atoms with Crippen LogP contribution >= 0.6 is 0 Å². The highest BCUT2D eigenvalue weighted by Crippen LogP contribution is 2.41. The Hall–Kier alpha value is -10.4. The maximum Gasteiger partial charge on any atom is 0.162 e. The van der Waals surface area contributed by atoms with Gasteiger partial charge in [-0.1, -0.05) is 177 Å². The van der Waals surface area contributed by atoms with E-state index in [1.807, 2.05) is 81.7 Å². The molecule has 5 heterocycles. The van der Waals surface area contributed by atoms with Gasteiger partial charge in [0.1, 0.15) is 5.82 Å². The maximum atomic E-state index is 8.73. The molecule has 8 aromatic carbocycles. The minimum absolute atomic E-state index is 0.197. The predicted molar refractivity (Wildman–Crippen MR) is 344 cm³/mol. The molecule has 0 radical (unpaired) electrons. The van der Waals surface area contributed by atoms with Crippen LogP contribution in [0.3, 0.4) is 0 Å². The Kier molecular flexibility index (Phi) is 15.4. The predicted octanol–water partition coefficient (Wildman–Crippen LogP) is 18.5. The van der Waals surface area contributed by atoms with Crippen LogP contribution in [0.4, 0.5) is 0 Å². The van der Waals surface area contributed by atoms with Gasteiger partial charge in [-0.2, -0.15) is 0 Å². The van der Waals surface area contributed by atoms with E-state index in [1.54, 1.807) is 18.4 Å². The summed E-state index contributed by atoms with van der Waals surface area (Å²) in [5, 5.41) is 17.3. The fourth-order valence-corrected chi connectivity index (χ4v) is 10.8. The first-order valence-corrected chi connectivity index (χ1v) is 27.3. The van der Waals surface area contributed by atoms with Crippen LogP contribution < -0.4 is 5.32 Å². The van der Waals surface area contributed by atoms with Crippen LogP contribution in [0.1, 0.15) is 31.7 Å². The minimum Gasteiger partial charge on any atom is -0.388 e. The lowest BCUT2D eigenvalue weighted by Crippen LogP contribution is -2.05. The quantitative estimate of drug-likeness (QED) is 0.0684. The number of nitrogens with zero attached hydrogens (tertiary/aromatic N) is 6. The number of rotatable bonds is 13. The normalized spacial score (nSPS) is 11.9. The average molecular weight is 1050 g/mol. The van der Waals surface area contributed by atoms with Gasteiger partial charge in [-0.25, -0.2) is 9.97 Å². The molecule has 0 amide bonds. The van der Waals surface area contributed by atoms with E-state index >= 15 is 0 Å². The Balaban J connectivity index is 0.000000522. The molecule has 13 rings (SSSR count). The van der Waals surface area contributed by atoms with Crippen LogP contribution in [0.15, 0.2) is 274 Å². The molecule has 1 unspecified atom stereocenters. The summed E-state index contributed by atoms with van der Waals surface area (Å²) >= 11 is 0. The SMILES string of the molecule is C/C=C\C.C=C(CC(C=N)c1ccc2c(c1)c1ncccc1n2-c1ccccc1)n1c2ccccc2c2cc(-c3ccc4c5ccccc5n(-c5cc(-c6ccccc6)nc(-c6ccccc6)n5)c4c3)ccc21.C=C/C=C(\C=C)NC. The lowest BCUT2D eigenvalue weighted by molar-refractivity contribution is 0.900. The first-order chi connectivity index (χ1) is 39.9. The molecule has 0 bridgehead atoms. The summed E-state index contributed by atoms with van der Waals surface area (Å²) in [5.41, 5.74) is 16.5. The van der Waals surface area contributed by atoms with Crippen LogP contribution in [0.2, 0.25) is 0 Å². The highest BCUT2D eigenvalue weighted by molar-refractivity contribution is 6.13. The zero-order valence-electron chi connectivity index (χ0n) is 45.8. The summed E-state index contributed by atoms with van der Waals surface area (Å²) in [7, 11) is 1.84. The zero-order valence-corrected chi connectivity index (χ0v) is 45.8. The Bertz CT molecular complexity index is 4460. The molecule has 0 aliphatic carbocycles. The average Bonchev–Trinajstić information content (AvgIpc) is 4.11. The number of aromatic nitrogens is 6. The Morgan fingerprint density at radius 2 is 1.14 bits per heavy atom. The summed E-state index contributed by atoms with van der Waals surface area (Å²) in [6.45, 7) is 15.8. The van der Waals surface area contributed by atoms with E-state index in [-0.39, 0.29) is 5.92 Å². The number of para-hydroxylation sites is 3. The molecule has 394 valence electrons. The molecule has 0 saturated carbocycles. The molecule has 5 aromatic heterocycles. The Morgan fingerprint density at radius 3 is 1.81 bits per heavy atom. The number of nitrogens with one attached hydrogen (secondary N) is 2. The van der Waals surface area contributed by atoms with Crippen molar-refractivity contribution in [3.63, 3.8) is 0 Å². The van der Waals surface area contributed by atoms with E-state index in [0.717, 1.165) is 122 Å². The fourth-order valence-electron chi connectivity index (χ4n) is 10.8. The third kappa shape index (κ3) is 10.3. The third-order valence-corrected chi connectivity index (χ3v) is 14.8. The summed E-state index contributed by atoms with van der Waals surface area (Å²) < 4.78 is 6.85. The Labute approximate surface area is 472 Å². The fraction of sp³-hybridized carbons (Fsp3) is 0.0685.